The summed E-state index contributed by atoms with van der Waals surface area (Å²) < 4.78 is 3.41. The number of aryl methyl sites for hydroxylation is 2. The normalized spacial score (nSPS) is 10.8. The molecule has 0 aliphatic carbocycles. The Balaban J connectivity index is 1.69. The van der Waals surface area contributed by atoms with Gasteiger partial charge in [-0.05, 0) is 25.5 Å². The molecule has 140 valence electrons. The third-order valence-electron chi connectivity index (χ3n) is 4.44. The molecular weight excluding hydrogens is 342 g/mol. The molecule has 3 aromatic rings. The molecule has 0 N–H and O–H groups in total. The van der Waals surface area contributed by atoms with Crippen LogP contribution in [0.1, 0.15) is 22.8 Å². The number of rotatable bonds is 6. The van der Waals surface area contributed by atoms with E-state index in [1.54, 1.807) is 38.1 Å². The van der Waals surface area contributed by atoms with Gasteiger partial charge in [-0.25, -0.2) is 9.78 Å². The second kappa shape index (κ2) is 7.99. The molecule has 27 heavy (non-hydrogen) atoms. The molecule has 1 amide bonds. The Kier molecular flexibility index (Phi) is 5.49. The van der Waals surface area contributed by atoms with Crippen LogP contribution in [0.2, 0.25) is 0 Å². The Morgan fingerprint density at radius 3 is 2.63 bits per heavy atom. The number of amides is 1. The van der Waals surface area contributed by atoms with Crippen LogP contribution in [0.15, 0.2) is 53.6 Å². The maximum atomic E-state index is 12.6. The van der Waals surface area contributed by atoms with Gasteiger partial charge in [-0.2, -0.15) is 4.98 Å². The summed E-state index contributed by atoms with van der Waals surface area (Å²) in [5.41, 5.74) is 2.13. The van der Waals surface area contributed by atoms with E-state index in [9.17, 15) is 9.59 Å². The van der Waals surface area contributed by atoms with E-state index in [2.05, 4.69) is 22.1 Å². The molecule has 0 spiro atoms. The van der Waals surface area contributed by atoms with E-state index in [0.29, 0.717) is 18.8 Å². The maximum Gasteiger partial charge on any atom is 0.348 e. The van der Waals surface area contributed by atoms with Crippen LogP contribution in [-0.4, -0.2) is 37.0 Å². The lowest BCUT2D eigenvalue weighted by atomic mass is 10.2. The molecule has 0 unspecified atom stereocenters. The lowest BCUT2D eigenvalue weighted by Crippen LogP contribution is -2.36. The maximum absolute atomic E-state index is 12.6. The zero-order valence-corrected chi connectivity index (χ0v) is 15.8. The molecule has 0 aliphatic heterocycles. The summed E-state index contributed by atoms with van der Waals surface area (Å²) in [6, 6.07) is 11.9. The van der Waals surface area contributed by atoms with Crippen LogP contribution in [0.3, 0.4) is 0 Å². The number of benzene rings is 1. The van der Waals surface area contributed by atoms with Crippen LogP contribution in [0.25, 0.3) is 0 Å². The molecule has 0 atom stereocenters. The minimum atomic E-state index is -0.403. The van der Waals surface area contributed by atoms with Crippen LogP contribution in [0.4, 0.5) is 0 Å². The monoisotopic (exact) mass is 365 g/mol. The molecule has 7 nitrogen and oxygen atoms in total. The summed E-state index contributed by atoms with van der Waals surface area (Å²) in [6.45, 7) is 4.59. The van der Waals surface area contributed by atoms with Crippen molar-refractivity contribution in [3.8, 4) is 0 Å². The highest BCUT2D eigenvalue weighted by Gasteiger charge is 2.15. The number of aromatic nitrogens is 4. The molecule has 0 fully saturated rings. The second-order valence-electron chi connectivity index (χ2n) is 6.61. The summed E-state index contributed by atoms with van der Waals surface area (Å²) in [5.74, 6) is 0.626. The molecule has 0 aliphatic rings. The zero-order valence-electron chi connectivity index (χ0n) is 15.8. The van der Waals surface area contributed by atoms with E-state index < -0.39 is 5.69 Å². The van der Waals surface area contributed by atoms with Gasteiger partial charge in [-0.1, -0.05) is 30.3 Å². The molecule has 2 heterocycles. The molecule has 0 saturated carbocycles. The number of hydrogen-bond donors (Lipinski definition) is 0. The topological polar surface area (TPSA) is 73.0 Å². The summed E-state index contributed by atoms with van der Waals surface area (Å²) in [4.78, 5) is 34.5. The number of carbonyl (C=O) groups is 1. The van der Waals surface area contributed by atoms with Crippen LogP contribution < -0.4 is 5.69 Å². The fourth-order valence-corrected chi connectivity index (χ4v) is 2.94. The summed E-state index contributed by atoms with van der Waals surface area (Å²) in [7, 11) is 1.71. The smallest absolute Gasteiger partial charge is 0.337 e. The first-order valence-electron chi connectivity index (χ1n) is 8.77. The van der Waals surface area contributed by atoms with Gasteiger partial charge in [0.2, 0.25) is 5.91 Å². The predicted octanol–water partition coefficient (Wildman–Crippen LogP) is 1.76. The number of nitrogens with zero attached hydrogens (tertiary/aromatic N) is 5. The van der Waals surface area contributed by atoms with Crippen molar-refractivity contribution < 1.29 is 4.79 Å². The van der Waals surface area contributed by atoms with E-state index in [-0.39, 0.29) is 12.5 Å². The van der Waals surface area contributed by atoms with Crippen molar-refractivity contribution in [1.82, 2.24) is 24.0 Å². The van der Waals surface area contributed by atoms with E-state index in [1.807, 2.05) is 29.0 Å². The van der Waals surface area contributed by atoms with Gasteiger partial charge in [0.05, 0.1) is 6.54 Å². The lowest BCUT2D eigenvalue weighted by molar-refractivity contribution is -0.131. The van der Waals surface area contributed by atoms with Crippen molar-refractivity contribution in [2.75, 3.05) is 7.05 Å². The van der Waals surface area contributed by atoms with Crippen molar-refractivity contribution in [2.45, 2.75) is 33.5 Å². The van der Waals surface area contributed by atoms with E-state index in [1.165, 1.54) is 10.1 Å². The van der Waals surface area contributed by atoms with Gasteiger partial charge < -0.3 is 9.47 Å². The number of likely N-dealkylation sites (N-methyl/N-ethyl adjacent to an activating group) is 1. The molecule has 0 bridgehead atoms. The van der Waals surface area contributed by atoms with Crippen molar-refractivity contribution in [2.24, 2.45) is 0 Å². The van der Waals surface area contributed by atoms with Crippen molar-refractivity contribution in [3.05, 3.63) is 82.1 Å². The summed E-state index contributed by atoms with van der Waals surface area (Å²) in [6.07, 6.45) is 3.63. The third kappa shape index (κ3) is 4.49. The van der Waals surface area contributed by atoms with Crippen LogP contribution in [0, 0.1) is 13.8 Å². The van der Waals surface area contributed by atoms with E-state index in [4.69, 9.17) is 0 Å². The molecule has 0 saturated heterocycles. The quantitative estimate of drug-likeness (QED) is 0.667. The van der Waals surface area contributed by atoms with Gasteiger partial charge in [-0.15, -0.1) is 0 Å². The first-order valence-corrected chi connectivity index (χ1v) is 8.77. The van der Waals surface area contributed by atoms with Crippen molar-refractivity contribution in [1.29, 1.82) is 0 Å². The standard InChI is InChI=1S/C20H23N5O2/c1-15-11-16(2)25(20(27)22-15)14-19(26)23(3)13-18-21-9-10-24(18)12-17-7-5-4-6-8-17/h4-11H,12-14H2,1-3H3. The molecule has 2 aromatic heterocycles. The fraction of sp³-hybridized carbons (Fsp3) is 0.300. The first kappa shape index (κ1) is 18.6. The van der Waals surface area contributed by atoms with Gasteiger partial charge in [0.1, 0.15) is 12.4 Å². The molecule has 7 heteroatoms. The number of hydrogen-bond acceptors (Lipinski definition) is 4. The zero-order chi connectivity index (χ0) is 19.4. The molecule has 1 aromatic carbocycles. The summed E-state index contributed by atoms with van der Waals surface area (Å²) in [5, 5.41) is 0. The van der Waals surface area contributed by atoms with Gasteiger partial charge in [0.15, 0.2) is 0 Å². The minimum absolute atomic E-state index is 0.0339. The highest BCUT2D eigenvalue weighted by Crippen LogP contribution is 2.08. The Hall–Kier alpha value is -3.22. The Labute approximate surface area is 157 Å². The lowest BCUT2D eigenvalue weighted by Gasteiger charge is -2.19. The second-order valence-corrected chi connectivity index (χ2v) is 6.61. The van der Waals surface area contributed by atoms with Gasteiger partial charge in [-0.3, -0.25) is 9.36 Å². The van der Waals surface area contributed by atoms with Crippen molar-refractivity contribution >= 4 is 5.91 Å². The highest BCUT2D eigenvalue weighted by atomic mass is 16.2. The van der Waals surface area contributed by atoms with Crippen LogP contribution in [0.5, 0.6) is 0 Å². The van der Waals surface area contributed by atoms with Crippen LogP contribution in [-0.2, 0) is 24.4 Å². The van der Waals surface area contributed by atoms with Gasteiger partial charge in [0.25, 0.3) is 0 Å². The van der Waals surface area contributed by atoms with Crippen molar-refractivity contribution in [3.63, 3.8) is 0 Å². The van der Waals surface area contributed by atoms with Gasteiger partial charge in [0, 0.05) is 37.4 Å². The number of imidazole rings is 1. The SMILES string of the molecule is Cc1cc(C)n(CC(=O)N(C)Cc2nccn2Cc2ccccc2)c(=O)n1. The Bertz CT molecular complexity index is 991. The summed E-state index contributed by atoms with van der Waals surface area (Å²) >= 11 is 0. The molecule has 3 rings (SSSR count). The minimum Gasteiger partial charge on any atom is -0.337 e. The first-order chi connectivity index (χ1) is 12.9. The Morgan fingerprint density at radius 2 is 1.93 bits per heavy atom. The average molecular weight is 365 g/mol. The predicted molar refractivity (Wildman–Crippen MR) is 102 cm³/mol. The molecular formula is C20H23N5O2. The van der Waals surface area contributed by atoms with Gasteiger partial charge >= 0.3 is 5.69 Å². The van der Waals surface area contributed by atoms with E-state index in [0.717, 1.165) is 11.5 Å². The third-order valence-corrected chi connectivity index (χ3v) is 4.44. The average Bonchev–Trinajstić information content (AvgIpc) is 3.05. The van der Waals surface area contributed by atoms with Crippen LogP contribution >= 0.6 is 0 Å². The Morgan fingerprint density at radius 1 is 1.19 bits per heavy atom. The van der Waals surface area contributed by atoms with E-state index >= 15 is 0 Å². The number of carbonyl (C=O) groups excluding carboxylic acids is 1. The molecule has 0 radical (unpaired) electrons. The fourth-order valence-electron chi connectivity index (χ4n) is 2.94. The highest BCUT2D eigenvalue weighted by molar-refractivity contribution is 5.75. The largest absolute Gasteiger partial charge is 0.348 e.